The average Bonchev–Trinajstić information content (AvgIpc) is 2.84. The number of aromatic nitrogens is 3. The van der Waals surface area contributed by atoms with Crippen molar-refractivity contribution in [1.29, 1.82) is 0 Å². The molecule has 7 nitrogen and oxygen atoms in total. The Morgan fingerprint density at radius 2 is 2.00 bits per heavy atom. The summed E-state index contributed by atoms with van der Waals surface area (Å²) in [6.07, 6.45) is 2.07. The number of hydrogen-bond donors (Lipinski definition) is 2. The molecule has 1 heterocycles. The van der Waals surface area contributed by atoms with Crippen LogP contribution in [0.25, 0.3) is 0 Å². The van der Waals surface area contributed by atoms with Crippen LogP contribution in [0.1, 0.15) is 26.5 Å². The predicted molar refractivity (Wildman–Crippen MR) is 70.4 cm³/mol. The molecule has 0 radical (unpaired) electrons. The minimum atomic E-state index is -1.12. The molecule has 0 saturated carbocycles. The normalized spacial score (nSPS) is 10.2. The molecule has 0 bridgehead atoms. The van der Waals surface area contributed by atoms with E-state index in [1.54, 1.807) is 30.2 Å². The van der Waals surface area contributed by atoms with Gasteiger partial charge in [0.2, 0.25) is 0 Å². The fourth-order valence-electron chi connectivity index (χ4n) is 1.75. The number of aryl methyl sites for hydroxylation is 1. The number of aromatic carboxylic acids is 1. The minimum Gasteiger partial charge on any atom is -0.478 e. The molecule has 0 unspecified atom stereocenters. The summed E-state index contributed by atoms with van der Waals surface area (Å²) in [5, 5.41) is 15.8. The standard InChI is InChI=1S/C13H14N4O3/c1-17-8-15-11(16-17)6-7-14-12(18)9-4-2-3-5-10(9)13(19)20/h2-5,8H,6-7H2,1H3,(H,14,18)(H,19,20). The lowest BCUT2D eigenvalue weighted by Gasteiger charge is -2.06. The highest BCUT2D eigenvalue weighted by molar-refractivity contribution is 6.04. The highest BCUT2D eigenvalue weighted by atomic mass is 16.4. The smallest absolute Gasteiger partial charge is 0.336 e. The summed E-state index contributed by atoms with van der Waals surface area (Å²) in [6, 6.07) is 6.09. The van der Waals surface area contributed by atoms with Crippen molar-refractivity contribution in [2.24, 2.45) is 7.05 Å². The number of nitrogens with one attached hydrogen (secondary N) is 1. The second-order valence-electron chi connectivity index (χ2n) is 4.19. The van der Waals surface area contributed by atoms with Crippen LogP contribution in [0, 0.1) is 0 Å². The fourth-order valence-corrected chi connectivity index (χ4v) is 1.75. The Morgan fingerprint density at radius 1 is 1.30 bits per heavy atom. The zero-order valence-corrected chi connectivity index (χ0v) is 10.9. The van der Waals surface area contributed by atoms with Gasteiger partial charge in [-0.25, -0.2) is 9.78 Å². The molecular formula is C13H14N4O3. The zero-order valence-electron chi connectivity index (χ0n) is 10.9. The van der Waals surface area contributed by atoms with E-state index in [0.29, 0.717) is 18.8 Å². The number of benzene rings is 1. The maximum atomic E-state index is 11.9. The molecule has 0 saturated heterocycles. The van der Waals surface area contributed by atoms with Gasteiger partial charge >= 0.3 is 5.97 Å². The van der Waals surface area contributed by atoms with Crippen molar-refractivity contribution in [3.8, 4) is 0 Å². The molecule has 7 heteroatoms. The van der Waals surface area contributed by atoms with Crippen LogP contribution in [0.5, 0.6) is 0 Å². The van der Waals surface area contributed by atoms with Crippen LogP contribution in [0.3, 0.4) is 0 Å². The molecule has 0 atom stereocenters. The van der Waals surface area contributed by atoms with Gasteiger partial charge < -0.3 is 10.4 Å². The molecule has 104 valence electrons. The quantitative estimate of drug-likeness (QED) is 0.826. The maximum Gasteiger partial charge on any atom is 0.336 e. The van der Waals surface area contributed by atoms with Gasteiger partial charge in [-0.3, -0.25) is 9.48 Å². The van der Waals surface area contributed by atoms with Crippen LogP contribution in [0.2, 0.25) is 0 Å². The van der Waals surface area contributed by atoms with E-state index in [-0.39, 0.29) is 11.1 Å². The Kier molecular flexibility index (Phi) is 4.09. The summed E-state index contributed by atoms with van der Waals surface area (Å²) >= 11 is 0. The molecule has 1 aromatic carbocycles. The van der Waals surface area contributed by atoms with Crippen molar-refractivity contribution >= 4 is 11.9 Å². The van der Waals surface area contributed by atoms with Crippen molar-refractivity contribution in [2.45, 2.75) is 6.42 Å². The first-order valence-electron chi connectivity index (χ1n) is 6.03. The Hall–Kier alpha value is -2.70. The largest absolute Gasteiger partial charge is 0.478 e. The highest BCUT2D eigenvalue weighted by Gasteiger charge is 2.15. The van der Waals surface area contributed by atoms with Gasteiger partial charge in [-0.15, -0.1) is 0 Å². The molecule has 0 aliphatic carbocycles. The number of carbonyl (C=O) groups excluding carboxylic acids is 1. The molecule has 0 aliphatic heterocycles. The molecule has 0 aliphatic rings. The lowest BCUT2D eigenvalue weighted by atomic mass is 10.1. The molecule has 1 aromatic heterocycles. The van der Waals surface area contributed by atoms with E-state index in [1.807, 2.05) is 0 Å². The first-order chi connectivity index (χ1) is 9.58. The zero-order chi connectivity index (χ0) is 14.5. The fraction of sp³-hybridized carbons (Fsp3) is 0.231. The number of amides is 1. The second-order valence-corrected chi connectivity index (χ2v) is 4.19. The second kappa shape index (κ2) is 5.96. The monoisotopic (exact) mass is 274 g/mol. The Morgan fingerprint density at radius 3 is 2.60 bits per heavy atom. The third-order valence-electron chi connectivity index (χ3n) is 2.68. The maximum absolute atomic E-state index is 11.9. The number of nitrogens with zero attached hydrogens (tertiary/aromatic N) is 3. The van der Waals surface area contributed by atoms with E-state index in [4.69, 9.17) is 5.11 Å². The van der Waals surface area contributed by atoms with Gasteiger partial charge in [0.05, 0.1) is 11.1 Å². The van der Waals surface area contributed by atoms with Crippen molar-refractivity contribution in [1.82, 2.24) is 20.1 Å². The molecule has 0 spiro atoms. The molecule has 1 amide bonds. The van der Waals surface area contributed by atoms with E-state index in [2.05, 4.69) is 15.4 Å². The van der Waals surface area contributed by atoms with Gasteiger partial charge in [-0.1, -0.05) is 12.1 Å². The van der Waals surface area contributed by atoms with Crippen LogP contribution in [-0.2, 0) is 13.5 Å². The summed E-state index contributed by atoms with van der Waals surface area (Å²) < 4.78 is 1.58. The van der Waals surface area contributed by atoms with E-state index >= 15 is 0 Å². The number of carboxylic acid groups (broad SMARTS) is 1. The van der Waals surface area contributed by atoms with E-state index < -0.39 is 11.9 Å². The molecule has 2 N–H and O–H groups in total. The Bertz CT molecular complexity index is 636. The van der Waals surface area contributed by atoms with Crippen LogP contribution in [0.15, 0.2) is 30.6 Å². The summed E-state index contributed by atoms with van der Waals surface area (Å²) in [7, 11) is 1.76. The third-order valence-corrected chi connectivity index (χ3v) is 2.68. The summed E-state index contributed by atoms with van der Waals surface area (Å²) in [4.78, 5) is 27.0. The van der Waals surface area contributed by atoms with Gasteiger partial charge in [-0.05, 0) is 12.1 Å². The van der Waals surface area contributed by atoms with Crippen LogP contribution in [-0.4, -0.2) is 38.3 Å². The topological polar surface area (TPSA) is 97.1 Å². The first kappa shape index (κ1) is 13.7. The Balaban J connectivity index is 1.97. The molecule has 2 rings (SSSR count). The third kappa shape index (κ3) is 3.19. The summed E-state index contributed by atoms with van der Waals surface area (Å²) in [5.41, 5.74) is 0.134. The summed E-state index contributed by atoms with van der Waals surface area (Å²) in [6.45, 7) is 0.344. The lowest BCUT2D eigenvalue weighted by molar-refractivity contribution is 0.0691. The van der Waals surface area contributed by atoms with Crippen molar-refractivity contribution < 1.29 is 14.7 Å². The van der Waals surface area contributed by atoms with Crippen LogP contribution in [0.4, 0.5) is 0 Å². The van der Waals surface area contributed by atoms with Gasteiger partial charge in [0, 0.05) is 20.0 Å². The van der Waals surface area contributed by atoms with Gasteiger partial charge in [0.15, 0.2) is 5.82 Å². The molecule has 0 fully saturated rings. The van der Waals surface area contributed by atoms with E-state index in [9.17, 15) is 9.59 Å². The van der Waals surface area contributed by atoms with Crippen LogP contribution >= 0.6 is 0 Å². The Labute approximate surface area is 115 Å². The van der Waals surface area contributed by atoms with Gasteiger partial charge in [0.1, 0.15) is 6.33 Å². The van der Waals surface area contributed by atoms with Crippen LogP contribution < -0.4 is 5.32 Å². The van der Waals surface area contributed by atoms with Crippen molar-refractivity contribution in [2.75, 3.05) is 6.54 Å². The number of rotatable bonds is 5. The van der Waals surface area contributed by atoms with E-state index in [0.717, 1.165) is 0 Å². The average molecular weight is 274 g/mol. The van der Waals surface area contributed by atoms with Crippen molar-refractivity contribution in [3.63, 3.8) is 0 Å². The number of carboxylic acids is 1. The predicted octanol–water partition coefficient (Wildman–Crippen LogP) is 0.486. The number of hydrogen-bond acceptors (Lipinski definition) is 4. The first-order valence-corrected chi connectivity index (χ1v) is 6.03. The molecule has 2 aromatic rings. The summed E-state index contributed by atoms with van der Waals surface area (Å²) in [5.74, 6) is -0.916. The molecular weight excluding hydrogens is 260 g/mol. The van der Waals surface area contributed by atoms with Crippen molar-refractivity contribution in [3.05, 3.63) is 47.5 Å². The lowest BCUT2D eigenvalue weighted by Crippen LogP contribution is -2.27. The SMILES string of the molecule is Cn1cnc(CCNC(=O)c2ccccc2C(=O)O)n1. The van der Waals surface area contributed by atoms with Gasteiger partial charge in [0.25, 0.3) is 5.91 Å². The minimum absolute atomic E-state index is 0.0130. The number of carbonyl (C=O) groups is 2. The van der Waals surface area contributed by atoms with E-state index in [1.165, 1.54) is 12.1 Å². The highest BCUT2D eigenvalue weighted by Crippen LogP contribution is 2.08. The van der Waals surface area contributed by atoms with Gasteiger partial charge in [-0.2, -0.15) is 5.10 Å². The molecule has 20 heavy (non-hydrogen) atoms.